The van der Waals surface area contributed by atoms with E-state index in [4.69, 9.17) is 0 Å². The average Bonchev–Trinajstić information content (AvgIpc) is 1.90. The molecule has 4 heteroatoms. The van der Waals surface area contributed by atoms with E-state index in [9.17, 15) is 0 Å². The predicted octanol–water partition coefficient (Wildman–Crippen LogP) is 1.31. The predicted molar refractivity (Wildman–Crippen MR) is 44.3 cm³/mol. The Morgan fingerprint density at radius 3 is 1.30 bits per heavy atom. The Hall–Kier alpha value is -1.19. The van der Waals surface area contributed by atoms with Crippen LogP contribution in [0.3, 0.4) is 0 Å². The molecule has 0 radical (unpaired) electrons. The normalized spacial score (nSPS) is 12.3. The van der Waals surface area contributed by atoms with Crippen molar-refractivity contribution in [3.8, 4) is 0 Å². The summed E-state index contributed by atoms with van der Waals surface area (Å²) < 4.78 is 0. The van der Waals surface area contributed by atoms with Gasteiger partial charge in [-0.15, -0.1) is 15.3 Å². The molecule has 0 aromatic rings. The summed E-state index contributed by atoms with van der Waals surface area (Å²) in [6.45, 7) is 5.43. The van der Waals surface area contributed by atoms with Crippen molar-refractivity contribution < 1.29 is 0 Å². The third kappa shape index (κ3) is 3.77. The molecule has 0 bridgehead atoms. The van der Waals surface area contributed by atoms with Gasteiger partial charge in [-0.3, -0.25) is 0 Å². The van der Waals surface area contributed by atoms with Crippen LogP contribution >= 0.6 is 0 Å². The highest BCUT2D eigenvalue weighted by Crippen LogP contribution is 1.88. The zero-order valence-corrected chi connectivity index (χ0v) is 6.52. The van der Waals surface area contributed by atoms with E-state index in [1.54, 1.807) is 18.6 Å². The van der Waals surface area contributed by atoms with E-state index < -0.39 is 0 Å². The summed E-state index contributed by atoms with van der Waals surface area (Å²) in [7, 11) is 0. The summed E-state index contributed by atoms with van der Waals surface area (Å²) in [6.07, 6.45) is 4.88. The van der Waals surface area contributed by atoms with Gasteiger partial charge in [-0.25, -0.2) is 0 Å². The maximum Gasteiger partial charge on any atom is 0.0256 e. The minimum Gasteiger partial charge on any atom is -0.145 e. The van der Waals surface area contributed by atoms with E-state index >= 15 is 0 Å². The molecule has 0 aromatic carbocycles. The van der Waals surface area contributed by atoms with Crippen LogP contribution in [0.4, 0.5) is 0 Å². The van der Waals surface area contributed by atoms with E-state index in [0.717, 1.165) is 0 Å². The largest absolute Gasteiger partial charge is 0.145 e. The Labute approximate surface area is 60.9 Å². The first kappa shape index (κ1) is 8.81. The summed E-state index contributed by atoms with van der Waals surface area (Å²) in [5.74, 6) is 0. The maximum atomic E-state index is 3.82. The Bertz CT molecular complexity index is 119. The summed E-state index contributed by atoms with van der Waals surface area (Å²) in [6, 6.07) is 0. The second kappa shape index (κ2) is 5.94. The SMILES string of the molecule is CC=NN(N=CC)N=CC. The third-order valence-electron chi connectivity index (χ3n) is 0.656. The van der Waals surface area contributed by atoms with Crippen molar-refractivity contribution in [3.05, 3.63) is 0 Å². The molecule has 0 fully saturated rings. The molecule has 0 aliphatic carbocycles. The number of rotatable bonds is 3. The molecule has 0 rings (SSSR count). The van der Waals surface area contributed by atoms with Crippen molar-refractivity contribution in [2.24, 2.45) is 15.3 Å². The van der Waals surface area contributed by atoms with Crippen LogP contribution in [0.25, 0.3) is 0 Å². The molecule has 0 atom stereocenters. The highest BCUT2D eigenvalue weighted by Gasteiger charge is 1.84. The highest BCUT2D eigenvalue weighted by molar-refractivity contribution is 5.56. The zero-order chi connectivity index (χ0) is 7.82. The Kier molecular flexibility index (Phi) is 5.23. The van der Waals surface area contributed by atoms with Crippen molar-refractivity contribution in [2.45, 2.75) is 20.8 Å². The van der Waals surface area contributed by atoms with Crippen LogP contribution in [0.5, 0.6) is 0 Å². The lowest BCUT2D eigenvalue weighted by Crippen LogP contribution is -2.00. The minimum atomic E-state index is 1.25. The second-order valence-electron chi connectivity index (χ2n) is 1.39. The van der Waals surface area contributed by atoms with Crippen LogP contribution in [0.15, 0.2) is 15.3 Å². The van der Waals surface area contributed by atoms with Crippen LogP contribution in [-0.2, 0) is 0 Å². The quantitative estimate of drug-likeness (QED) is 0.430. The monoisotopic (exact) mass is 140 g/mol. The Balaban J connectivity index is 3.97. The Morgan fingerprint density at radius 2 is 1.10 bits per heavy atom. The van der Waals surface area contributed by atoms with Crippen molar-refractivity contribution in [2.75, 3.05) is 0 Å². The summed E-state index contributed by atoms with van der Waals surface area (Å²) in [5, 5.41) is 12.7. The van der Waals surface area contributed by atoms with Gasteiger partial charge in [-0.05, 0) is 20.8 Å². The summed E-state index contributed by atoms with van der Waals surface area (Å²) in [5.41, 5.74) is 0. The minimum absolute atomic E-state index is 1.25. The molecular formula is C6H12N4. The lowest BCUT2D eigenvalue weighted by molar-refractivity contribution is 0.327. The fraction of sp³-hybridized carbons (Fsp3) is 0.500. The van der Waals surface area contributed by atoms with E-state index in [2.05, 4.69) is 15.3 Å². The fourth-order valence-electron chi connectivity index (χ4n) is 0.399. The van der Waals surface area contributed by atoms with E-state index in [-0.39, 0.29) is 0 Å². The first-order valence-corrected chi connectivity index (χ1v) is 3.11. The van der Waals surface area contributed by atoms with Crippen LogP contribution < -0.4 is 0 Å². The first-order chi connectivity index (χ1) is 4.85. The van der Waals surface area contributed by atoms with Gasteiger partial charge < -0.3 is 0 Å². The molecule has 56 valence electrons. The fourth-order valence-corrected chi connectivity index (χ4v) is 0.399. The molecule has 0 aliphatic rings. The molecule has 0 amide bonds. The zero-order valence-electron chi connectivity index (χ0n) is 6.52. The number of hydrazone groups is 3. The van der Waals surface area contributed by atoms with E-state index in [0.29, 0.717) is 0 Å². The lowest BCUT2D eigenvalue weighted by atomic mass is 10.9. The average molecular weight is 140 g/mol. The topological polar surface area (TPSA) is 40.3 Å². The molecule has 0 saturated carbocycles. The van der Waals surface area contributed by atoms with Crippen LogP contribution in [0.2, 0.25) is 0 Å². The van der Waals surface area contributed by atoms with E-state index in [1.807, 2.05) is 20.8 Å². The third-order valence-corrected chi connectivity index (χ3v) is 0.656. The molecule has 0 aromatic heterocycles. The van der Waals surface area contributed by atoms with Gasteiger partial charge in [0.2, 0.25) is 0 Å². The highest BCUT2D eigenvalue weighted by atomic mass is 15.8. The van der Waals surface area contributed by atoms with E-state index in [1.165, 1.54) is 5.23 Å². The molecular weight excluding hydrogens is 128 g/mol. The van der Waals surface area contributed by atoms with Gasteiger partial charge >= 0.3 is 0 Å². The van der Waals surface area contributed by atoms with Crippen molar-refractivity contribution >= 4 is 18.6 Å². The van der Waals surface area contributed by atoms with Crippen LogP contribution in [0, 0.1) is 0 Å². The van der Waals surface area contributed by atoms with Gasteiger partial charge in [-0.2, -0.15) is 0 Å². The molecule has 0 spiro atoms. The first-order valence-electron chi connectivity index (χ1n) is 3.11. The summed E-state index contributed by atoms with van der Waals surface area (Å²) in [4.78, 5) is 0. The van der Waals surface area contributed by atoms with Crippen LogP contribution in [-0.4, -0.2) is 23.9 Å². The maximum absolute atomic E-state index is 3.82. The summed E-state index contributed by atoms with van der Waals surface area (Å²) >= 11 is 0. The molecule has 0 heterocycles. The standard InChI is InChI=1S/C6H12N4/c1-4-7-10(8-5-2)9-6-3/h4-6H,1-3H3. The Morgan fingerprint density at radius 1 is 0.800 bits per heavy atom. The van der Waals surface area contributed by atoms with Gasteiger partial charge in [0, 0.05) is 18.6 Å². The second-order valence-corrected chi connectivity index (χ2v) is 1.39. The number of hydrogen-bond acceptors (Lipinski definition) is 4. The molecule has 4 nitrogen and oxygen atoms in total. The molecule has 10 heavy (non-hydrogen) atoms. The van der Waals surface area contributed by atoms with Gasteiger partial charge in [0.25, 0.3) is 0 Å². The number of hydrogen-bond donors (Lipinski definition) is 0. The smallest absolute Gasteiger partial charge is 0.0256 e. The molecule has 0 aliphatic heterocycles. The van der Waals surface area contributed by atoms with Gasteiger partial charge in [0.15, 0.2) is 0 Å². The molecule has 0 saturated heterocycles. The molecule has 0 unspecified atom stereocenters. The molecule has 0 N–H and O–H groups in total. The van der Waals surface area contributed by atoms with Gasteiger partial charge in [0.05, 0.1) is 0 Å². The lowest BCUT2D eigenvalue weighted by Gasteiger charge is -2.01. The van der Waals surface area contributed by atoms with Gasteiger partial charge in [0.1, 0.15) is 0 Å². The van der Waals surface area contributed by atoms with Crippen molar-refractivity contribution in [1.82, 2.24) is 5.23 Å². The van der Waals surface area contributed by atoms with Crippen molar-refractivity contribution in [3.63, 3.8) is 0 Å². The number of nitrogens with zero attached hydrogens (tertiary/aromatic N) is 4. The van der Waals surface area contributed by atoms with Crippen LogP contribution in [0.1, 0.15) is 20.8 Å². The van der Waals surface area contributed by atoms with Crippen molar-refractivity contribution in [1.29, 1.82) is 0 Å². The van der Waals surface area contributed by atoms with Gasteiger partial charge in [-0.1, -0.05) is 5.23 Å².